The van der Waals surface area contributed by atoms with E-state index in [0.717, 1.165) is 21.7 Å². The largest absolute Gasteiger partial charge is 0.368 e. The average Bonchev–Trinajstić information content (AvgIpc) is 2.98. The second-order valence-electron chi connectivity index (χ2n) is 5.71. The van der Waals surface area contributed by atoms with Crippen LogP contribution in [-0.2, 0) is 0 Å². The van der Waals surface area contributed by atoms with Crippen LogP contribution in [0.3, 0.4) is 0 Å². The standard InChI is InChI=1S/C18H19BrN6O/c1-12-13(2)25(11-24-12)17-9-16(22-10-23-17)20-7-8-21-18(26)14-5-3-4-6-15(14)19/h3-6,9-11H,7-8H2,1-2H3,(H,21,26)(H,20,22,23). The van der Waals surface area contributed by atoms with E-state index >= 15 is 0 Å². The molecule has 3 rings (SSSR count). The molecule has 0 bridgehead atoms. The molecule has 0 spiro atoms. The minimum Gasteiger partial charge on any atom is -0.368 e. The monoisotopic (exact) mass is 414 g/mol. The smallest absolute Gasteiger partial charge is 0.252 e. The minimum absolute atomic E-state index is 0.118. The number of hydrogen-bond acceptors (Lipinski definition) is 5. The molecule has 7 nitrogen and oxygen atoms in total. The van der Waals surface area contributed by atoms with Gasteiger partial charge in [-0.15, -0.1) is 0 Å². The number of aromatic nitrogens is 4. The number of nitrogens with zero attached hydrogens (tertiary/aromatic N) is 4. The first-order chi connectivity index (χ1) is 12.6. The molecule has 1 aromatic carbocycles. The van der Waals surface area contributed by atoms with Crippen molar-refractivity contribution in [3.63, 3.8) is 0 Å². The highest BCUT2D eigenvalue weighted by Crippen LogP contribution is 2.15. The fourth-order valence-corrected chi connectivity index (χ4v) is 2.88. The molecule has 26 heavy (non-hydrogen) atoms. The lowest BCUT2D eigenvalue weighted by atomic mass is 10.2. The quantitative estimate of drug-likeness (QED) is 0.605. The lowest BCUT2D eigenvalue weighted by Gasteiger charge is -2.10. The van der Waals surface area contributed by atoms with E-state index < -0.39 is 0 Å². The Morgan fingerprint density at radius 3 is 2.69 bits per heavy atom. The molecule has 3 aromatic rings. The van der Waals surface area contributed by atoms with Crippen LogP contribution in [0.15, 0.2) is 47.5 Å². The number of anilines is 1. The average molecular weight is 415 g/mol. The van der Waals surface area contributed by atoms with Crippen molar-refractivity contribution in [2.75, 3.05) is 18.4 Å². The van der Waals surface area contributed by atoms with E-state index in [1.54, 1.807) is 12.4 Å². The Kier molecular flexibility index (Phi) is 5.62. The van der Waals surface area contributed by atoms with Gasteiger partial charge in [0.25, 0.3) is 5.91 Å². The van der Waals surface area contributed by atoms with Crippen LogP contribution in [0.1, 0.15) is 21.7 Å². The first-order valence-electron chi connectivity index (χ1n) is 8.16. The second-order valence-corrected chi connectivity index (χ2v) is 6.56. The van der Waals surface area contributed by atoms with Crippen molar-refractivity contribution in [2.24, 2.45) is 0 Å². The van der Waals surface area contributed by atoms with Crippen LogP contribution in [0.4, 0.5) is 5.82 Å². The van der Waals surface area contributed by atoms with Crippen molar-refractivity contribution < 1.29 is 4.79 Å². The molecule has 0 aliphatic carbocycles. The van der Waals surface area contributed by atoms with E-state index in [1.807, 2.05) is 42.7 Å². The van der Waals surface area contributed by atoms with Gasteiger partial charge in [0.15, 0.2) is 0 Å². The van der Waals surface area contributed by atoms with Gasteiger partial charge in [0.2, 0.25) is 0 Å². The van der Waals surface area contributed by atoms with Gasteiger partial charge in [0.05, 0.1) is 11.3 Å². The number of benzene rings is 1. The number of imidazole rings is 1. The molecule has 2 aromatic heterocycles. The van der Waals surface area contributed by atoms with Gasteiger partial charge in [-0.05, 0) is 41.9 Å². The molecule has 0 atom stereocenters. The molecular weight excluding hydrogens is 396 g/mol. The summed E-state index contributed by atoms with van der Waals surface area (Å²) in [5.74, 6) is 1.32. The Labute approximate surface area is 160 Å². The molecule has 0 fully saturated rings. The summed E-state index contributed by atoms with van der Waals surface area (Å²) in [6, 6.07) is 9.18. The lowest BCUT2D eigenvalue weighted by molar-refractivity contribution is 0.0954. The van der Waals surface area contributed by atoms with Crippen LogP contribution in [0, 0.1) is 13.8 Å². The summed E-state index contributed by atoms with van der Waals surface area (Å²) in [5.41, 5.74) is 2.62. The van der Waals surface area contributed by atoms with E-state index in [-0.39, 0.29) is 5.91 Å². The van der Waals surface area contributed by atoms with Crippen molar-refractivity contribution in [1.82, 2.24) is 24.8 Å². The highest BCUT2D eigenvalue weighted by molar-refractivity contribution is 9.10. The molecule has 0 radical (unpaired) electrons. The van der Waals surface area contributed by atoms with Crippen LogP contribution >= 0.6 is 15.9 Å². The minimum atomic E-state index is -0.118. The summed E-state index contributed by atoms with van der Waals surface area (Å²) in [7, 11) is 0. The summed E-state index contributed by atoms with van der Waals surface area (Å²) in [6.07, 6.45) is 3.25. The first kappa shape index (κ1) is 18.1. The van der Waals surface area contributed by atoms with Crippen LogP contribution in [0.2, 0.25) is 0 Å². The van der Waals surface area contributed by atoms with Crippen molar-refractivity contribution >= 4 is 27.7 Å². The van der Waals surface area contributed by atoms with Crippen LogP contribution in [0.5, 0.6) is 0 Å². The summed E-state index contributed by atoms with van der Waals surface area (Å²) < 4.78 is 2.69. The van der Waals surface area contributed by atoms with Crippen LogP contribution in [-0.4, -0.2) is 38.5 Å². The molecule has 0 saturated carbocycles. The van der Waals surface area contributed by atoms with E-state index in [1.165, 1.54) is 6.33 Å². The van der Waals surface area contributed by atoms with Gasteiger partial charge < -0.3 is 10.6 Å². The number of nitrogens with one attached hydrogen (secondary N) is 2. The van der Waals surface area contributed by atoms with Crippen molar-refractivity contribution in [1.29, 1.82) is 0 Å². The maximum atomic E-state index is 12.2. The number of rotatable bonds is 6. The molecule has 2 heterocycles. The molecule has 1 amide bonds. The SMILES string of the molecule is Cc1ncn(-c2cc(NCCNC(=O)c3ccccc3Br)ncn2)c1C. The van der Waals surface area contributed by atoms with Crippen LogP contribution in [0.25, 0.3) is 5.82 Å². The number of amides is 1. The molecule has 134 valence electrons. The zero-order valence-corrected chi connectivity index (χ0v) is 16.1. The van der Waals surface area contributed by atoms with Crippen molar-refractivity contribution in [3.8, 4) is 5.82 Å². The Hall–Kier alpha value is -2.74. The topological polar surface area (TPSA) is 84.7 Å². The highest BCUT2D eigenvalue weighted by Gasteiger charge is 2.09. The zero-order valence-electron chi connectivity index (χ0n) is 14.5. The molecule has 8 heteroatoms. The number of carbonyl (C=O) groups is 1. The molecule has 2 N–H and O–H groups in total. The second kappa shape index (κ2) is 8.09. The molecular formula is C18H19BrN6O. The number of aryl methyl sites for hydroxylation is 1. The third-order valence-corrected chi connectivity index (χ3v) is 4.68. The van der Waals surface area contributed by atoms with Gasteiger partial charge in [0, 0.05) is 29.3 Å². The van der Waals surface area contributed by atoms with Crippen molar-refractivity contribution in [3.05, 3.63) is 64.4 Å². The Morgan fingerprint density at radius 1 is 1.15 bits per heavy atom. The lowest BCUT2D eigenvalue weighted by Crippen LogP contribution is -2.29. The van der Waals surface area contributed by atoms with E-state index in [9.17, 15) is 4.79 Å². The third kappa shape index (κ3) is 4.08. The Bertz CT molecular complexity index is 924. The normalized spacial score (nSPS) is 10.6. The van der Waals surface area contributed by atoms with Gasteiger partial charge in [0.1, 0.15) is 24.3 Å². The fourth-order valence-electron chi connectivity index (χ4n) is 2.41. The highest BCUT2D eigenvalue weighted by atomic mass is 79.9. The number of carbonyl (C=O) groups excluding carboxylic acids is 1. The van der Waals surface area contributed by atoms with E-state index in [4.69, 9.17) is 0 Å². The predicted molar refractivity (Wildman–Crippen MR) is 104 cm³/mol. The van der Waals surface area contributed by atoms with Gasteiger partial charge in [-0.1, -0.05) is 12.1 Å². The molecule has 0 aliphatic rings. The number of halogens is 1. The predicted octanol–water partition coefficient (Wildman–Crippen LogP) is 2.88. The Morgan fingerprint density at radius 2 is 1.96 bits per heavy atom. The molecule has 0 aliphatic heterocycles. The maximum absolute atomic E-state index is 12.2. The van der Waals surface area contributed by atoms with Crippen molar-refractivity contribution in [2.45, 2.75) is 13.8 Å². The maximum Gasteiger partial charge on any atom is 0.252 e. The first-order valence-corrected chi connectivity index (χ1v) is 8.95. The molecule has 0 unspecified atom stereocenters. The van der Waals surface area contributed by atoms with Gasteiger partial charge in [-0.3, -0.25) is 9.36 Å². The number of hydrogen-bond donors (Lipinski definition) is 2. The summed E-state index contributed by atoms with van der Waals surface area (Å²) in [4.78, 5) is 24.9. The third-order valence-electron chi connectivity index (χ3n) is 3.99. The fraction of sp³-hybridized carbons (Fsp3) is 0.222. The summed E-state index contributed by atoms with van der Waals surface area (Å²) in [6.45, 7) is 4.98. The summed E-state index contributed by atoms with van der Waals surface area (Å²) in [5, 5.41) is 6.07. The zero-order chi connectivity index (χ0) is 18.5. The van der Waals surface area contributed by atoms with E-state index in [0.29, 0.717) is 24.5 Å². The molecule has 0 saturated heterocycles. The van der Waals surface area contributed by atoms with E-state index in [2.05, 4.69) is 41.5 Å². The van der Waals surface area contributed by atoms with Gasteiger partial charge in [-0.25, -0.2) is 15.0 Å². The summed E-state index contributed by atoms with van der Waals surface area (Å²) >= 11 is 3.38. The van der Waals surface area contributed by atoms with Gasteiger partial charge in [-0.2, -0.15) is 0 Å². The van der Waals surface area contributed by atoms with Crippen LogP contribution < -0.4 is 10.6 Å². The van der Waals surface area contributed by atoms with Gasteiger partial charge >= 0.3 is 0 Å². The Balaban J connectivity index is 1.56.